The first-order valence-electron chi connectivity index (χ1n) is 8.03. The smallest absolute Gasteiger partial charge is 0.231 e. The molecule has 0 spiro atoms. The van der Waals surface area contributed by atoms with E-state index in [0.717, 1.165) is 17.7 Å². The third-order valence-electron chi connectivity index (χ3n) is 3.75. The molecule has 7 heteroatoms. The molecule has 1 N–H and O–H groups in total. The van der Waals surface area contributed by atoms with Gasteiger partial charge in [0.1, 0.15) is 5.75 Å². The number of carbonyl (C=O) groups is 1. The summed E-state index contributed by atoms with van der Waals surface area (Å²) in [5, 5.41) is 7.20. The molecule has 25 heavy (non-hydrogen) atoms. The fourth-order valence-electron chi connectivity index (χ4n) is 2.52. The van der Waals surface area contributed by atoms with E-state index < -0.39 is 0 Å². The maximum Gasteiger partial charge on any atom is 0.231 e. The van der Waals surface area contributed by atoms with Crippen LogP contribution in [0.5, 0.6) is 11.6 Å². The molecule has 2 aromatic heterocycles. The molecule has 7 nitrogen and oxygen atoms in total. The molecule has 0 aliphatic heterocycles. The van der Waals surface area contributed by atoms with E-state index in [1.165, 1.54) is 0 Å². The number of carbonyl (C=O) groups excluding carboxylic acids is 1. The van der Waals surface area contributed by atoms with Crippen molar-refractivity contribution in [1.29, 1.82) is 0 Å². The lowest BCUT2D eigenvalue weighted by Crippen LogP contribution is -2.11. The van der Waals surface area contributed by atoms with Gasteiger partial charge in [0.25, 0.3) is 0 Å². The van der Waals surface area contributed by atoms with E-state index in [-0.39, 0.29) is 5.91 Å². The number of imidazole rings is 1. The minimum atomic E-state index is -0.0423. The number of hydrogen-bond donors (Lipinski definition) is 1. The lowest BCUT2D eigenvalue weighted by molar-refractivity contribution is -0.116. The molecule has 0 aliphatic rings. The molecule has 0 bridgehead atoms. The average Bonchev–Trinajstić information content (AvgIpc) is 3.05. The van der Waals surface area contributed by atoms with E-state index in [2.05, 4.69) is 15.4 Å². The number of anilines is 1. The Hall–Kier alpha value is -3.09. The largest absolute Gasteiger partial charge is 0.495 e. The molecule has 0 atom stereocenters. The van der Waals surface area contributed by atoms with Crippen molar-refractivity contribution in [2.24, 2.45) is 0 Å². The number of nitrogens with one attached hydrogen (secondary N) is 1. The molecule has 0 unspecified atom stereocenters. The van der Waals surface area contributed by atoms with E-state index in [1.807, 2.05) is 37.4 Å². The molecule has 1 aromatic carbocycles. The first-order chi connectivity index (χ1) is 12.1. The molecule has 0 fully saturated rings. The van der Waals surface area contributed by atoms with Gasteiger partial charge in [-0.05, 0) is 30.7 Å². The van der Waals surface area contributed by atoms with Gasteiger partial charge in [-0.15, -0.1) is 5.10 Å². The standard InChI is InChI=1S/C18H20N4O3/c1-4-5-17(23)20-13-10-12(6-7-15(13)24-2)14-11-22-16(19-14)8-9-18(21-22)25-3/h6-11H,4-5H2,1-3H3,(H,20,23). The quantitative estimate of drug-likeness (QED) is 0.746. The Morgan fingerprint density at radius 2 is 2.04 bits per heavy atom. The van der Waals surface area contributed by atoms with Gasteiger partial charge in [0.2, 0.25) is 11.8 Å². The van der Waals surface area contributed by atoms with Crippen molar-refractivity contribution in [3.05, 3.63) is 36.5 Å². The van der Waals surface area contributed by atoms with Crippen molar-refractivity contribution >= 4 is 17.2 Å². The highest BCUT2D eigenvalue weighted by Crippen LogP contribution is 2.30. The average molecular weight is 340 g/mol. The third-order valence-corrected chi connectivity index (χ3v) is 3.75. The highest BCUT2D eigenvalue weighted by Gasteiger charge is 2.12. The summed E-state index contributed by atoms with van der Waals surface area (Å²) in [6.07, 6.45) is 3.07. The monoisotopic (exact) mass is 340 g/mol. The van der Waals surface area contributed by atoms with Gasteiger partial charge in [-0.3, -0.25) is 4.79 Å². The van der Waals surface area contributed by atoms with E-state index in [0.29, 0.717) is 29.4 Å². The second-order valence-corrected chi connectivity index (χ2v) is 5.52. The number of nitrogens with zero attached hydrogens (tertiary/aromatic N) is 3. The van der Waals surface area contributed by atoms with Gasteiger partial charge >= 0.3 is 0 Å². The van der Waals surface area contributed by atoms with Crippen LogP contribution in [0.25, 0.3) is 16.9 Å². The predicted octanol–water partition coefficient (Wildman–Crippen LogP) is 3.15. The summed E-state index contributed by atoms with van der Waals surface area (Å²) < 4.78 is 12.1. The van der Waals surface area contributed by atoms with Crippen molar-refractivity contribution in [2.75, 3.05) is 19.5 Å². The number of aromatic nitrogens is 3. The second kappa shape index (κ2) is 7.21. The number of amides is 1. The number of methoxy groups -OCH3 is 2. The molecule has 130 valence electrons. The van der Waals surface area contributed by atoms with Gasteiger partial charge in [-0.25, -0.2) is 9.50 Å². The van der Waals surface area contributed by atoms with Crippen LogP contribution in [-0.4, -0.2) is 34.7 Å². The second-order valence-electron chi connectivity index (χ2n) is 5.52. The maximum absolute atomic E-state index is 11.9. The Kier molecular flexibility index (Phi) is 4.83. The molecule has 0 aliphatic carbocycles. The Morgan fingerprint density at radius 3 is 2.76 bits per heavy atom. The number of ether oxygens (including phenoxy) is 2. The van der Waals surface area contributed by atoms with Crippen LogP contribution in [0.15, 0.2) is 36.5 Å². The Labute approximate surface area is 145 Å². The molecule has 3 rings (SSSR count). The van der Waals surface area contributed by atoms with Gasteiger partial charge in [-0.2, -0.15) is 0 Å². The van der Waals surface area contributed by atoms with Crippen LogP contribution >= 0.6 is 0 Å². The zero-order chi connectivity index (χ0) is 17.8. The first kappa shape index (κ1) is 16.8. The van der Waals surface area contributed by atoms with Crippen molar-refractivity contribution < 1.29 is 14.3 Å². The van der Waals surface area contributed by atoms with Crippen molar-refractivity contribution in [3.8, 4) is 22.9 Å². The first-order valence-corrected chi connectivity index (χ1v) is 8.03. The molecule has 0 saturated carbocycles. The maximum atomic E-state index is 11.9. The van der Waals surface area contributed by atoms with Crippen LogP contribution in [0.2, 0.25) is 0 Å². The van der Waals surface area contributed by atoms with Crippen molar-refractivity contribution in [1.82, 2.24) is 14.6 Å². The van der Waals surface area contributed by atoms with Crippen LogP contribution in [0.4, 0.5) is 5.69 Å². The number of rotatable bonds is 6. The highest BCUT2D eigenvalue weighted by atomic mass is 16.5. The molecule has 0 radical (unpaired) electrons. The zero-order valence-electron chi connectivity index (χ0n) is 14.4. The van der Waals surface area contributed by atoms with Crippen LogP contribution in [0, 0.1) is 0 Å². The van der Waals surface area contributed by atoms with Gasteiger partial charge < -0.3 is 14.8 Å². The summed E-state index contributed by atoms with van der Waals surface area (Å²) in [5.74, 6) is 1.08. The summed E-state index contributed by atoms with van der Waals surface area (Å²) in [7, 11) is 3.15. The van der Waals surface area contributed by atoms with Gasteiger partial charge in [0.05, 0.1) is 31.8 Å². The van der Waals surface area contributed by atoms with E-state index >= 15 is 0 Å². The number of hydrogen-bond acceptors (Lipinski definition) is 5. The number of benzene rings is 1. The molecule has 2 heterocycles. The van der Waals surface area contributed by atoms with E-state index in [4.69, 9.17) is 9.47 Å². The molecular formula is C18H20N4O3. The lowest BCUT2D eigenvalue weighted by Gasteiger charge is -2.11. The summed E-state index contributed by atoms with van der Waals surface area (Å²) in [6, 6.07) is 9.16. The summed E-state index contributed by atoms with van der Waals surface area (Å²) in [4.78, 5) is 16.5. The minimum Gasteiger partial charge on any atom is -0.495 e. The molecule has 0 saturated heterocycles. The van der Waals surface area contributed by atoms with Crippen LogP contribution in [-0.2, 0) is 4.79 Å². The Balaban J connectivity index is 1.97. The number of fused-ring (bicyclic) bond motifs is 1. The lowest BCUT2D eigenvalue weighted by atomic mass is 10.1. The summed E-state index contributed by atoms with van der Waals surface area (Å²) in [6.45, 7) is 1.96. The Morgan fingerprint density at radius 1 is 1.20 bits per heavy atom. The van der Waals surface area contributed by atoms with E-state index in [1.54, 1.807) is 24.8 Å². The van der Waals surface area contributed by atoms with Crippen molar-refractivity contribution in [3.63, 3.8) is 0 Å². The summed E-state index contributed by atoms with van der Waals surface area (Å²) >= 11 is 0. The normalized spacial score (nSPS) is 10.7. The third kappa shape index (κ3) is 3.55. The van der Waals surface area contributed by atoms with Crippen LogP contribution < -0.4 is 14.8 Å². The van der Waals surface area contributed by atoms with Crippen LogP contribution in [0.1, 0.15) is 19.8 Å². The zero-order valence-corrected chi connectivity index (χ0v) is 14.4. The van der Waals surface area contributed by atoms with Crippen molar-refractivity contribution in [2.45, 2.75) is 19.8 Å². The minimum absolute atomic E-state index is 0.0423. The fraction of sp³-hybridized carbons (Fsp3) is 0.278. The predicted molar refractivity (Wildman–Crippen MR) is 95.1 cm³/mol. The van der Waals surface area contributed by atoms with Gasteiger partial charge in [0.15, 0.2) is 5.65 Å². The van der Waals surface area contributed by atoms with Crippen LogP contribution in [0.3, 0.4) is 0 Å². The molecule has 1 amide bonds. The fourth-order valence-corrected chi connectivity index (χ4v) is 2.52. The highest BCUT2D eigenvalue weighted by molar-refractivity contribution is 5.93. The molecule has 3 aromatic rings. The van der Waals surface area contributed by atoms with Gasteiger partial charge in [-0.1, -0.05) is 6.92 Å². The summed E-state index contributed by atoms with van der Waals surface area (Å²) in [5.41, 5.74) is 2.94. The Bertz CT molecular complexity index is 904. The van der Waals surface area contributed by atoms with Gasteiger partial charge in [0, 0.05) is 18.1 Å². The topological polar surface area (TPSA) is 77.8 Å². The SMILES string of the molecule is CCCC(=O)Nc1cc(-c2cn3nc(OC)ccc3n2)ccc1OC. The molecular weight excluding hydrogens is 320 g/mol. The van der Waals surface area contributed by atoms with E-state index in [9.17, 15) is 4.79 Å².